The average molecular weight is 957 g/mol. The molecule has 1 aromatic heterocycles. The maximum absolute atomic E-state index is 2.52. The minimum Gasteiger partial charge on any atom is -0.310 e. The maximum atomic E-state index is 2.52. The zero-order chi connectivity index (χ0) is 50.0. The first-order chi connectivity index (χ1) is 37.0. The average Bonchev–Trinajstić information content (AvgIpc) is 3.95. The Balaban J connectivity index is 0.868. The van der Waals surface area contributed by atoms with Gasteiger partial charge in [-0.2, -0.15) is 0 Å². The molecule has 12 aromatic carbocycles. The van der Waals surface area contributed by atoms with Gasteiger partial charge in [0, 0.05) is 33.1 Å². The van der Waals surface area contributed by atoms with E-state index < -0.39 is 0 Å². The highest BCUT2D eigenvalue weighted by molar-refractivity contribution is 6.16. The minimum atomic E-state index is -0.162. The molecule has 0 spiro atoms. The van der Waals surface area contributed by atoms with E-state index in [9.17, 15) is 0 Å². The summed E-state index contributed by atoms with van der Waals surface area (Å²) in [6, 6.07) is 102. The van der Waals surface area contributed by atoms with E-state index in [1.165, 1.54) is 105 Å². The second-order valence-electron chi connectivity index (χ2n) is 20.4. The van der Waals surface area contributed by atoms with Crippen LogP contribution in [0.3, 0.4) is 0 Å². The second kappa shape index (κ2) is 17.9. The predicted molar refractivity (Wildman–Crippen MR) is 318 cm³/mol. The van der Waals surface area contributed by atoms with Gasteiger partial charge in [-0.05, 0) is 138 Å². The smallest absolute Gasteiger partial charge is 0.0547 e. The van der Waals surface area contributed by atoms with Crippen LogP contribution in [0.4, 0.5) is 17.1 Å². The molecular formula is C73H52N2. The molecule has 0 aliphatic heterocycles. The van der Waals surface area contributed by atoms with Gasteiger partial charge in [0.15, 0.2) is 0 Å². The molecule has 0 saturated carbocycles. The van der Waals surface area contributed by atoms with Crippen LogP contribution in [-0.2, 0) is 5.41 Å². The Kier molecular flexibility index (Phi) is 10.6. The summed E-state index contributed by atoms with van der Waals surface area (Å²) in [6.45, 7) is 4.76. The van der Waals surface area contributed by atoms with Crippen molar-refractivity contribution >= 4 is 49.6 Å². The maximum Gasteiger partial charge on any atom is 0.0547 e. The summed E-state index contributed by atoms with van der Waals surface area (Å²) in [7, 11) is 0. The first kappa shape index (κ1) is 44.2. The molecule has 354 valence electrons. The van der Waals surface area contributed by atoms with E-state index in [2.05, 4.69) is 302 Å². The number of benzene rings is 12. The number of rotatable bonds is 9. The Labute approximate surface area is 438 Å². The van der Waals surface area contributed by atoms with Gasteiger partial charge in [0.05, 0.1) is 22.4 Å². The number of anilines is 3. The van der Waals surface area contributed by atoms with Crippen LogP contribution in [0, 0.1) is 0 Å². The van der Waals surface area contributed by atoms with Crippen molar-refractivity contribution in [2.75, 3.05) is 4.90 Å². The Morgan fingerprint density at radius 1 is 0.320 bits per heavy atom. The summed E-state index contributed by atoms with van der Waals surface area (Å²) in [6.07, 6.45) is 0. The Morgan fingerprint density at radius 2 is 0.800 bits per heavy atom. The molecule has 2 nitrogen and oxygen atoms in total. The van der Waals surface area contributed by atoms with Crippen LogP contribution in [0.15, 0.2) is 279 Å². The first-order valence-corrected chi connectivity index (χ1v) is 26.1. The molecule has 0 unspecified atom stereocenters. The van der Waals surface area contributed by atoms with Crippen LogP contribution in [0.5, 0.6) is 0 Å². The third kappa shape index (κ3) is 7.40. The van der Waals surface area contributed by atoms with Crippen LogP contribution in [0.2, 0.25) is 0 Å². The fraction of sp³-hybridized carbons (Fsp3) is 0.0411. The number of hydrogen-bond donors (Lipinski definition) is 0. The van der Waals surface area contributed by atoms with Gasteiger partial charge in [0.25, 0.3) is 0 Å². The molecule has 0 fully saturated rings. The van der Waals surface area contributed by atoms with Gasteiger partial charge < -0.3 is 9.47 Å². The molecule has 0 bridgehead atoms. The van der Waals surface area contributed by atoms with Gasteiger partial charge in [-0.25, -0.2) is 0 Å². The molecule has 0 amide bonds. The highest BCUT2D eigenvalue weighted by Gasteiger charge is 2.38. The van der Waals surface area contributed by atoms with Crippen LogP contribution in [0.25, 0.3) is 105 Å². The summed E-state index contributed by atoms with van der Waals surface area (Å²) in [5.74, 6) is 0. The van der Waals surface area contributed by atoms with Crippen molar-refractivity contribution < 1.29 is 0 Å². The molecule has 0 saturated heterocycles. The molecule has 14 rings (SSSR count). The minimum absolute atomic E-state index is 0.162. The lowest BCUT2D eigenvalue weighted by atomic mass is 9.81. The molecule has 75 heavy (non-hydrogen) atoms. The number of aromatic nitrogens is 1. The number of para-hydroxylation sites is 2. The monoisotopic (exact) mass is 956 g/mol. The topological polar surface area (TPSA) is 8.17 Å². The largest absolute Gasteiger partial charge is 0.310 e. The van der Waals surface area contributed by atoms with E-state index in [0.29, 0.717) is 0 Å². The SMILES string of the molecule is CC1(C)c2ccccc2-c2cccc(-n3c4ccccc4c4c(-c5cccc(-c6ccccc6N(c6ccc(-c7ccccc7)cc6)c6ccc(-c7ccc(-c8cccc9ccccc89)cc7)cc6)c5)cccc43)c21. The first-order valence-electron chi connectivity index (χ1n) is 26.1. The van der Waals surface area contributed by atoms with Crippen LogP contribution < -0.4 is 4.90 Å². The zero-order valence-electron chi connectivity index (χ0n) is 42.0. The Morgan fingerprint density at radius 3 is 1.56 bits per heavy atom. The number of hydrogen-bond acceptors (Lipinski definition) is 1. The van der Waals surface area contributed by atoms with E-state index in [-0.39, 0.29) is 5.41 Å². The molecule has 13 aromatic rings. The molecule has 0 atom stereocenters. The predicted octanol–water partition coefficient (Wildman–Crippen LogP) is 20.0. The van der Waals surface area contributed by atoms with E-state index in [1.807, 2.05) is 0 Å². The molecule has 1 aliphatic carbocycles. The lowest BCUT2D eigenvalue weighted by Gasteiger charge is -2.28. The Bertz CT molecular complexity index is 4290. The van der Waals surface area contributed by atoms with Crippen molar-refractivity contribution in [3.8, 4) is 72.4 Å². The highest BCUT2D eigenvalue weighted by Crippen LogP contribution is 2.52. The standard InChI is InChI=1S/C73H52N2/c1-73(2)66-31-11-8-26-63(66)64-30-17-35-70(72(64)73)75-68-33-13-10-27-65(68)71-62(29-16-34-69(71)75)56-23-14-22-55(48-56)61-25-9-12-32-67(61)74(57-44-40-51(41-45-57)49-18-4-3-5-19-49)58-46-42-52(43-47-58)50-36-38-54(39-37-50)60-28-15-21-53-20-6-7-24-59(53)60/h3-48H,1-2H3. The van der Waals surface area contributed by atoms with E-state index in [4.69, 9.17) is 0 Å². The van der Waals surface area contributed by atoms with Gasteiger partial charge in [0.1, 0.15) is 0 Å². The number of fused-ring (bicyclic) bond motifs is 7. The van der Waals surface area contributed by atoms with Gasteiger partial charge >= 0.3 is 0 Å². The highest BCUT2D eigenvalue weighted by atomic mass is 15.1. The summed E-state index contributed by atoms with van der Waals surface area (Å²) in [4.78, 5) is 2.41. The molecule has 0 radical (unpaired) electrons. The van der Waals surface area contributed by atoms with Crippen molar-refractivity contribution in [3.63, 3.8) is 0 Å². The van der Waals surface area contributed by atoms with Crippen LogP contribution >= 0.6 is 0 Å². The second-order valence-corrected chi connectivity index (χ2v) is 20.4. The summed E-state index contributed by atoms with van der Waals surface area (Å²) >= 11 is 0. The van der Waals surface area contributed by atoms with Crippen molar-refractivity contribution in [2.24, 2.45) is 0 Å². The lowest BCUT2D eigenvalue weighted by Crippen LogP contribution is -2.17. The van der Waals surface area contributed by atoms with Gasteiger partial charge in [-0.1, -0.05) is 238 Å². The lowest BCUT2D eigenvalue weighted by molar-refractivity contribution is 0.656. The van der Waals surface area contributed by atoms with Crippen molar-refractivity contribution in [1.29, 1.82) is 0 Å². The van der Waals surface area contributed by atoms with Gasteiger partial charge in [-0.3, -0.25) is 0 Å². The Hall–Kier alpha value is -9.50. The van der Waals surface area contributed by atoms with E-state index >= 15 is 0 Å². The summed E-state index contributed by atoms with van der Waals surface area (Å²) in [5, 5.41) is 5.02. The van der Waals surface area contributed by atoms with E-state index in [1.54, 1.807) is 0 Å². The normalized spacial score (nSPS) is 12.5. The van der Waals surface area contributed by atoms with Crippen LogP contribution in [-0.4, -0.2) is 4.57 Å². The number of nitrogens with zero attached hydrogens (tertiary/aromatic N) is 2. The van der Waals surface area contributed by atoms with Crippen molar-refractivity contribution in [2.45, 2.75) is 19.3 Å². The third-order valence-corrected chi connectivity index (χ3v) is 15.8. The molecule has 1 aliphatic rings. The van der Waals surface area contributed by atoms with Crippen LogP contribution in [0.1, 0.15) is 25.0 Å². The van der Waals surface area contributed by atoms with Gasteiger partial charge in [-0.15, -0.1) is 0 Å². The molecular weight excluding hydrogens is 905 g/mol. The summed E-state index contributed by atoms with van der Waals surface area (Å²) in [5.41, 5.74) is 24.0. The quantitative estimate of drug-likeness (QED) is 0.140. The van der Waals surface area contributed by atoms with E-state index in [0.717, 1.165) is 28.2 Å². The molecule has 0 N–H and O–H groups in total. The molecule has 1 heterocycles. The fourth-order valence-electron chi connectivity index (χ4n) is 12.3. The third-order valence-electron chi connectivity index (χ3n) is 15.8. The molecule has 2 heteroatoms. The fourth-order valence-corrected chi connectivity index (χ4v) is 12.3. The zero-order valence-corrected chi connectivity index (χ0v) is 42.0. The van der Waals surface area contributed by atoms with Crippen molar-refractivity contribution in [3.05, 3.63) is 290 Å². The van der Waals surface area contributed by atoms with Crippen molar-refractivity contribution in [1.82, 2.24) is 4.57 Å². The summed E-state index contributed by atoms with van der Waals surface area (Å²) < 4.78 is 2.52. The van der Waals surface area contributed by atoms with Gasteiger partial charge in [0.2, 0.25) is 0 Å².